The van der Waals surface area contributed by atoms with Gasteiger partial charge >= 0.3 is 12.0 Å². The lowest BCUT2D eigenvalue weighted by atomic mass is 10.1. The number of rotatable bonds is 11. The zero-order chi connectivity index (χ0) is 24.1. The number of ether oxygens (including phenoxy) is 3. The van der Waals surface area contributed by atoms with E-state index in [0.717, 1.165) is 45.2 Å². The molecule has 1 aliphatic heterocycles. The normalized spacial score (nSPS) is 13.1. The van der Waals surface area contributed by atoms with E-state index < -0.39 is 24.5 Å². The average molecular weight is 464 g/mol. The molecular formula is C23H33N3O7. The summed E-state index contributed by atoms with van der Waals surface area (Å²) in [5.74, 6) is -0.962. The van der Waals surface area contributed by atoms with Gasteiger partial charge in [0.15, 0.2) is 24.7 Å². The highest BCUT2D eigenvalue weighted by atomic mass is 16.5. The third-order valence-electron chi connectivity index (χ3n) is 4.94. The van der Waals surface area contributed by atoms with E-state index in [4.69, 9.17) is 14.2 Å². The maximum Gasteiger partial charge on any atom is 0.338 e. The van der Waals surface area contributed by atoms with Crippen LogP contribution in [0.5, 0.6) is 11.5 Å². The van der Waals surface area contributed by atoms with E-state index in [0.29, 0.717) is 18.9 Å². The van der Waals surface area contributed by atoms with Crippen LogP contribution in [0, 0.1) is 0 Å². The number of piperidine rings is 1. The van der Waals surface area contributed by atoms with Gasteiger partial charge in [-0.3, -0.25) is 14.9 Å². The topological polar surface area (TPSA) is 123 Å². The minimum Gasteiger partial charge on any atom is -0.490 e. The molecule has 0 radical (unpaired) electrons. The summed E-state index contributed by atoms with van der Waals surface area (Å²) in [5, 5.41) is 4.63. The van der Waals surface area contributed by atoms with Crippen LogP contribution in [0.2, 0.25) is 0 Å². The predicted molar refractivity (Wildman–Crippen MR) is 120 cm³/mol. The number of esters is 1. The van der Waals surface area contributed by atoms with E-state index in [1.807, 2.05) is 6.92 Å². The molecular weight excluding hydrogens is 430 g/mol. The Kier molecular flexibility index (Phi) is 11.0. The number of hydrogen-bond acceptors (Lipinski definition) is 7. The van der Waals surface area contributed by atoms with Crippen molar-refractivity contribution in [1.82, 2.24) is 15.5 Å². The zero-order valence-electron chi connectivity index (χ0n) is 19.3. The first-order valence-corrected chi connectivity index (χ1v) is 11.4. The quantitative estimate of drug-likeness (QED) is 0.381. The van der Waals surface area contributed by atoms with Gasteiger partial charge in [-0.15, -0.1) is 0 Å². The van der Waals surface area contributed by atoms with Crippen LogP contribution in [-0.2, 0) is 14.3 Å². The van der Waals surface area contributed by atoms with Crippen molar-refractivity contribution in [3.05, 3.63) is 23.8 Å². The second-order valence-corrected chi connectivity index (χ2v) is 7.56. The Hall–Kier alpha value is -3.30. The molecule has 1 aromatic rings. The van der Waals surface area contributed by atoms with Gasteiger partial charge in [-0.2, -0.15) is 0 Å². The van der Waals surface area contributed by atoms with Gasteiger partial charge in [0.2, 0.25) is 0 Å². The molecule has 0 bridgehead atoms. The van der Waals surface area contributed by atoms with Gasteiger partial charge in [0.1, 0.15) is 0 Å². The number of hydrogen-bond donors (Lipinski definition) is 2. The molecule has 1 aliphatic rings. The number of carbonyl (C=O) groups excluding carboxylic acids is 4. The second kappa shape index (κ2) is 14.0. The Bertz CT molecular complexity index is 822. The van der Waals surface area contributed by atoms with Gasteiger partial charge in [-0.25, -0.2) is 9.59 Å². The summed E-state index contributed by atoms with van der Waals surface area (Å²) in [5.41, 5.74) is 0.147. The molecule has 0 atom stereocenters. The number of benzene rings is 1. The van der Waals surface area contributed by atoms with Crippen LogP contribution in [-0.4, -0.2) is 68.2 Å². The molecule has 0 aliphatic carbocycles. The maximum absolute atomic E-state index is 12.3. The second-order valence-electron chi connectivity index (χ2n) is 7.56. The number of imide groups is 1. The molecule has 2 N–H and O–H groups in total. The van der Waals surface area contributed by atoms with Gasteiger partial charge in [0.05, 0.1) is 12.2 Å². The summed E-state index contributed by atoms with van der Waals surface area (Å²) in [6.45, 7) is 5.28. The molecule has 1 fully saturated rings. The largest absolute Gasteiger partial charge is 0.490 e. The molecule has 2 rings (SSSR count). The molecule has 10 nitrogen and oxygen atoms in total. The third kappa shape index (κ3) is 8.99. The summed E-state index contributed by atoms with van der Waals surface area (Å²) >= 11 is 0. The van der Waals surface area contributed by atoms with Crippen LogP contribution in [0.15, 0.2) is 18.2 Å². The maximum atomic E-state index is 12.3. The number of urea groups is 1. The van der Waals surface area contributed by atoms with E-state index in [-0.39, 0.29) is 23.8 Å². The predicted octanol–water partition coefficient (Wildman–Crippen LogP) is 2.26. The molecule has 10 heteroatoms. The first-order valence-electron chi connectivity index (χ1n) is 11.4. The summed E-state index contributed by atoms with van der Waals surface area (Å²) in [4.78, 5) is 49.8. The number of unbranched alkanes of at least 4 members (excludes halogenated alkanes) is 1. The zero-order valence-corrected chi connectivity index (χ0v) is 19.3. The van der Waals surface area contributed by atoms with Crippen molar-refractivity contribution in [2.75, 3.05) is 39.5 Å². The number of likely N-dealkylation sites (tertiary alicyclic amines) is 1. The lowest BCUT2D eigenvalue weighted by Gasteiger charge is -2.26. The Labute approximate surface area is 193 Å². The molecule has 0 saturated carbocycles. The lowest BCUT2D eigenvalue weighted by molar-refractivity contribution is -0.134. The van der Waals surface area contributed by atoms with Gasteiger partial charge in [-0.1, -0.05) is 13.3 Å². The molecule has 0 unspecified atom stereocenters. The minimum atomic E-state index is -0.756. The Morgan fingerprint density at radius 1 is 0.970 bits per heavy atom. The van der Waals surface area contributed by atoms with Crippen molar-refractivity contribution < 1.29 is 33.4 Å². The first-order chi connectivity index (χ1) is 15.9. The van der Waals surface area contributed by atoms with Crippen molar-refractivity contribution in [1.29, 1.82) is 0 Å². The summed E-state index contributed by atoms with van der Waals surface area (Å²) in [7, 11) is 0. The van der Waals surface area contributed by atoms with E-state index in [1.165, 1.54) is 18.2 Å². The number of carbonyl (C=O) groups is 4. The van der Waals surface area contributed by atoms with Crippen molar-refractivity contribution in [3.8, 4) is 11.5 Å². The van der Waals surface area contributed by atoms with Crippen LogP contribution >= 0.6 is 0 Å². The van der Waals surface area contributed by atoms with Crippen LogP contribution < -0.4 is 20.1 Å². The van der Waals surface area contributed by atoms with E-state index >= 15 is 0 Å². The first kappa shape index (κ1) is 26.0. The molecule has 0 spiro atoms. The van der Waals surface area contributed by atoms with Crippen LogP contribution in [0.3, 0.4) is 0 Å². The molecule has 1 heterocycles. The molecule has 1 saturated heterocycles. The number of amides is 4. The highest BCUT2D eigenvalue weighted by Gasteiger charge is 2.19. The minimum absolute atomic E-state index is 0.0922. The van der Waals surface area contributed by atoms with Gasteiger partial charge < -0.3 is 24.4 Å². The smallest absolute Gasteiger partial charge is 0.338 e. The fraction of sp³-hybridized carbons (Fsp3) is 0.565. The summed E-state index contributed by atoms with van der Waals surface area (Å²) in [6, 6.07) is 3.78. The van der Waals surface area contributed by atoms with E-state index in [1.54, 1.807) is 11.8 Å². The SMILES string of the molecule is CCCCNC(=O)NC(=O)COC(=O)c1ccc(OCC(=O)N2CCCCC2)c(OCC)c1. The monoisotopic (exact) mass is 463 g/mol. The Morgan fingerprint density at radius 3 is 2.42 bits per heavy atom. The van der Waals surface area contributed by atoms with Gasteiger partial charge in [-0.05, 0) is 50.8 Å². The van der Waals surface area contributed by atoms with Gasteiger partial charge in [0.25, 0.3) is 11.8 Å². The highest BCUT2D eigenvalue weighted by molar-refractivity contribution is 5.97. The fourth-order valence-corrected chi connectivity index (χ4v) is 3.20. The average Bonchev–Trinajstić information content (AvgIpc) is 2.82. The standard InChI is InChI=1S/C23H33N3O7/c1-3-5-11-24-23(30)25-20(27)15-33-22(29)17-9-10-18(19(14-17)31-4-2)32-16-21(28)26-12-7-6-8-13-26/h9-10,14H,3-8,11-13,15-16H2,1-2H3,(H2,24,25,27,30). The number of nitrogens with one attached hydrogen (secondary N) is 2. The third-order valence-corrected chi connectivity index (χ3v) is 4.94. The van der Waals surface area contributed by atoms with Crippen molar-refractivity contribution in [2.45, 2.75) is 46.0 Å². The van der Waals surface area contributed by atoms with E-state index in [2.05, 4.69) is 10.6 Å². The lowest BCUT2D eigenvalue weighted by Crippen LogP contribution is -2.41. The van der Waals surface area contributed by atoms with E-state index in [9.17, 15) is 19.2 Å². The molecule has 4 amide bonds. The number of nitrogens with zero attached hydrogens (tertiary/aromatic N) is 1. The van der Waals surface area contributed by atoms with Crippen molar-refractivity contribution in [3.63, 3.8) is 0 Å². The van der Waals surface area contributed by atoms with Crippen molar-refractivity contribution >= 4 is 23.8 Å². The molecule has 0 aromatic heterocycles. The summed E-state index contributed by atoms with van der Waals surface area (Å²) < 4.78 is 16.2. The molecule has 33 heavy (non-hydrogen) atoms. The van der Waals surface area contributed by atoms with Crippen LogP contribution in [0.25, 0.3) is 0 Å². The highest BCUT2D eigenvalue weighted by Crippen LogP contribution is 2.29. The Morgan fingerprint density at radius 2 is 1.73 bits per heavy atom. The Balaban J connectivity index is 1.88. The molecule has 182 valence electrons. The molecule has 1 aromatic carbocycles. The summed E-state index contributed by atoms with van der Waals surface area (Å²) in [6.07, 6.45) is 4.83. The van der Waals surface area contributed by atoms with Crippen LogP contribution in [0.4, 0.5) is 4.79 Å². The van der Waals surface area contributed by atoms with Gasteiger partial charge in [0, 0.05) is 19.6 Å². The fourth-order valence-electron chi connectivity index (χ4n) is 3.20. The van der Waals surface area contributed by atoms with Crippen LogP contribution in [0.1, 0.15) is 56.3 Å². The van der Waals surface area contributed by atoms with Crippen molar-refractivity contribution in [2.24, 2.45) is 0 Å².